The number of carbonyl (C=O) groups is 2. The number of benzene rings is 1. The first-order valence-corrected chi connectivity index (χ1v) is 10.9. The third-order valence-electron chi connectivity index (χ3n) is 5.60. The minimum atomic E-state index is -0.861. The van der Waals surface area contributed by atoms with Gasteiger partial charge in [-0.3, -0.25) is 4.79 Å². The van der Waals surface area contributed by atoms with Crippen molar-refractivity contribution in [1.29, 1.82) is 0 Å². The highest BCUT2D eigenvalue weighted by molar-refractivity contribution is 5.97. The van der Waals surface area contributed by atoms with Gasteiger partial charge >= 0.3 is 5.97 Å². The van der Waals surface area contributed by atoms with E-state index in [1.807, 2.05) is 13.0 Å². The van der Waals surface area contributed by atoms with Gasteiger partial charge in [-0.25, -0.2) is 4.79 Å². The number of Topliss-reactive ketones (excluding diaryl/α,β-unsaturated/α-hetero) is 1. The fraction of sp³-hybridized carbons (Fsp3) is 0.520. The van der Waals surface area contributed by atoms with Crippen LogP contribution in [0.1, 0.15) is 56.5 Å². The molecule has 1 unspecified atom stereocenters. The highest BCUT2D eigenvalue weighted by Gasteiger charge is 2.44. The monoisotopic (exact) mass is 460 g/mol. The minimum Gasteiger partial charge on any atom is -0.497 e. The maximum absolute atomic E-state index is 13.2. The number of esters is 1. The molecule has 1 aromatic carbocycles. The van der Waals surface area contributed by atoms with Crippen molar-refractivity contribution >= 4 is 17.8 Å². The summed E-state index contributed by atoms with van der Waals surface area (Å²) in [5.41, 5.74) is 1.57. The Morgan fingerprint density at radius 2 is 1.91 bits per heavy atom. The Kier molecular flexibility index (Phi) is 7.94. The largest absolute Gasteiger partial charge is 0.497 e. The molecule has 8 nitrogen and oxygen atoms in total. The minimum absolute atomic E-state index is 0.0444. The molecule has 2 heterocycles. The van der Waals surface area contributed by atoms with Crippen LogP contribution in [0, 0.1) is 0 Å². The molecule has 0 amide bonds. The van der Waals surface area contributed by atoms with Crippen molar-refractivity contribution in [1.82, 2.24) is 0 Å². The number of cyclic esters (lactones) is 1. The van der Waals surface area contributed by atoms with E-state index in [0.29, 0.717) is 17.7 Å². The number of ketones is 1. The van der Waals surface area contributed by atoms with Crippen molar-refractivity contribution in [2.75, 3.05) is 21.0 Å². The number of carbonyl (C=O) groups excluding carboxylic acids is 2. The first-order chi connectivity index (χ1) is 15.6. The molecule has 8 heteroatoms. The summed E-state index contributed by atoms with van der Waals surface area (Å²) in [4.78, 5) is 26.1. The van der Waals surface area contributed by atoms with Crippen LogP contribution in [-0.2, 0) is 23.7 Å². The molecule has 1 aromatic rings. The molecular weight excluding hydrogens is 428 g/mol. The quantitative estimate of drug-likeness (QED) is 0.377. The van der Waals surface area contributed by atoms with E-state index < -0.39 is 30.1 Å². The van der Waals surface area contributed by atoms with E-state index in [1.54, 1.807) is 45.1 Å². The van der Waals surface area contributed by atoms with Crippen molar-refractivity contribution < 1.29 is 38.0 Å². The van der Waals surface area contributed by atoms with Crippen LogP contribution in [0.4, 0.5) is 0 Å². The van der Waals surface area contributed by atoms with Gasteiger partial charge < -0.3 is 28.4 Å². The number of ether oxygens (including phenoxy) is 6. The molecular formula is C25H32O8. The lowest BCUT2D eigenvalue weighted by Gasteiger charge is -2.19. The Hall–Kier alpha value is -2.68. The molecule has 0 N–H and O–H groups in total. The van der Waals surface area contributed by atoms with Crippen molar-refractivity contribution in [3.05, 3.63) is 41.0 Å². The lowest BCUT2D eigenvalue weighted by molar-refractivity contribution is -0.154. The van der Waals surface area contributed by atoms with Gasteiger partial charge in [0, 0.05) is 19.6 Å². The maximum atomic E-state index is 13.2. The lowest BCUT2D eigenvalue weighted by Crippen LogP contribution is -2.31. The van der Waals surface area contributed by atoms with Gasteiger partial charge in [0.15, 0.2) is 18.4 Å². The van der Waals surface area contributed by atoms with Crippen LogP contribution in [0.5, 0.6) is 11.5 Å². The van der Waals surface area contributed by atoms with E-state index in [4.69, 9.17) is 28.4 Å². The zero-order chi connectivity index (χ0) is 24.2. The highest BCUT2D eigenvalue weighted by atomic mass is 16.8. The van der Waals surface area contributed by atoms with E-state index in [0.717, 1.165) is 5.57 Å². The third-order valence-corrected chi connectivity index (χ3v) is 5.60. The van der Waals surface area contributed by atoms with Crippen molar-refractivity contribution in [2.24, 2.45) is 0 Å². The summed E-state index contributed by atoms with van der Waals surface area (Å²) in [5, 5.41) is 0. The first kappa shape index (κ1) is 25.0. The molecule has 0 aliphatic carbocycles. The summed E-state index contributed by atoms with van der Waals surface area (Å²) in [6.07, 6.45) is 4.29. The summed E-state index contributed by atoms with van der Waals surface area (Å²) in [6, 6.07) is 3.35. The Balaban J connectivity index is 2.07. The van der Waals surface area contributed by atoms with Gasteiger partial charge in [-0.1, -0.05) is 18.2 Å². The number of methoxy groups -OCH3 is 2. The molecule has 0 bridgehead atoms. The second kappa shape index (κ2) is 10.5. The molecule has 0 radical (unpaired) electrons. The van der Waals surface area contributed by atoms with Gasteiger partial charge in [0.2, 0.25) is 0 Å². The molecule has 1 saturated heterocycles. The van der Waals surface area contributed by atoms with E-state index in [1.165, 1.54) is 14.2 Å². The van der Waals surface area contributed by atoms with Crippen molar-refractivity contribution in [2.45, 2.75) is 64.6 Å². The Bertz CT molecular complexity index is 946. The molecule has 180 valence electrons. The highest BCUT2D eigenvalue weighted by Crippen LogP contribution is 2.34. The zero-order valence-electron chi connectivity index (χ0n) is 20.0. The molecule has 33 heavy (non-hydrogen) atoms. The zero-order valence-corrected chi connectivity index (χ0v) is 20.0. The second-order valence-corrected chi connectivity index (χ2v) is 8.54. The van der Waals surface area contributed by atoms with Gasteiger partial charge in [0.25, 0.3) is 0 Å². The Morgan fingerprint density at radius 3 is 2.61 bits per heavy atom. The van der Waals surface area contributed by atoms with Crippen LogP contribution in [0.3, 0.4) is 0 Å². The summed E-state index contributed by atoms with van der Waals surface area (Å²) in [5.74, 6) is -0.688. The number of fused-ring (bicyclic) bond motifs is 2. The smallest absolute Gasteiger partial charge is 0.343 e. The van der Waals surface area contributed by atoms with E-state index in [9.17, 15) is 9.59 Å². The van der Waals surface area contributed by atoms with Gasteiger partial charge in [-0.05, 0) is 51.3 Å². The SMILES string of the molecule is COCOc1cc(OC)cc2c1C(=O)O[C@@H](C)C(C)=CCC(=O)C1OC(C)(C)O[C@H]1CC=C2. The second-order valence-electron chi connectivity index (χ2n) is 8.54. The Morgan fingerprint density at radius 1 is 1.15 bits per heavy atom. The molecule has 1 fully saturated rings. The van der Waals surface area contributed by atoms with Gasteiger partial charge in [-0.2, -0.15) is 0 Å². The number of allylic oxidation sites excluding steroid dienone is 1. The molecule has 3 atom stereocenters. The van der Waals surface area contributed by atoms with E-state index in [-0.39, 0.29) is 30.3 Å². The van der Waals surface area contributed by atoms with Crippen molar-refractivity contribution in [3.8, 4) is 11.5 Å². The van der Waals surface area contributed by atoms with Gasteiger partial charge in [-0.15, -0.1) is 0 Å². The molecule has 0 saturated carbocycles. The predicted molar refractivity (Wildman–Crippen MR) is 121 cm³/mol. The fourth-order valence-electron chi connectivity index (χ4n) is 3.78. The topological polar surface area (TPSA) is 89.5 Å². The van der Waals surface area contributed by atoms with Crippen molar-refractivity contribution in [3.63, 3.8) is 0 Å². The van der Waals surface area contributed by atoms with Crippen LogP contribution in [0.15, 0.2) is 29.9 Å². The summed E-state index contributed by atoms with van der Waals surface area (Å²) < 4.78 is 33.7. The average molecular weight is 461 g/mol. The van der Waals surface area contributed by atoms with Crippen LogP contribution >= 0.6 is 0 Å². The summed E-state index contributed by atoms with van der Waals surface area (Å²) in [7, 11) is 3.03. The standard InChI is InChI=1S/C25H32O8/c1-15-10-11-19(26)23-20(32-25(3,4)33-23)9-7-8-17-12-18(29-6)13-21(30-14-28-5)22(17)24(27)31-16(15)2/h7-8,10,12-13,16,20,23H,9,11,14H2,1-6H3/t16-,20-,23?/m0/s1. The third kappa shape index (κ3) is 6.01. The molecule has 0 aromatic heterocycles. The molecule has 2 aliphatic rings. The molecule has 3 rings (SSSR count). The van der Waals surface area contributed by atoms with Crippen LogP contribution < -0.4 is 9.47 Å². The number of rotatable bonds is 4. The summed E-state index contributed by atoms with van der Waals surface area (Å²) >= 11 is 0. The van der Waals surface area contributed by atoms with E-state index >= 15 is 0 Å². The van der Waals surface area contributed by atoms with Gasteiger partial charge in [0.05, 0.1) is 13.2 Å². The normalized spacial score (nSPS) is 25.4. The molecule has 2 aliphatic heterocycles. The number of hydrogen-bond acceptors (Lipinski definition) is 8. The van der Waals surface area contributed by atoms with Crippen LogP contribution in [0.25, 0.3) is 6.08 Å². The maximum Gasteiger partial charge on any atom is 0.343 e. The van der Waals surface area contributed by atoms with Gasteiger partial charge in [0.1, 0.15) is 29.3 Å². The van der Waals surface area contributed by atoms with E-state index in [2.05, 4.69) is 0 Å². The predicted octanol–water partition coefficient (Wildman–Crippen LogP) is 4.07. The first-order valence-electron chi connectivity index (χ1n) is 10.9. The number of hydrogen-bond donors (Lipinski definition) is 0. The Labute approximate surface area is 194 Å². The summed E-state index contributed by atoms with van der Waals surface area (Å²) in [6.45, 7) is 7.12. The average Bonchev–Trinajstić information content (AvgIpc) is 3.08. The molecule has 0 spiro atoms. The van der Waals surface area contributed by atoms with Crippen LogP contribution in [0.2, 0.25) is 0 Å². The lowest BCUT2D eigenvalue weighted by atomic mass is 10.00. The fourth-order valence-corrected chi connectivity index (χ4v) is 3.78. The van der Waals surface area contributed by atoms with Crippen LogP contribution in [-0.4, -0.2) is 56.9 Å².